The first-order valence-electron chi connectivity index (χ1n) is 6.81. The second-order valence-electron chi connectivity index (χ2n) is 4.18. The van der Waals surface area contributed by atoms with E-state index in [1.807, 2.05) is 5.38 Å². The van der Waals surface area contributed by atoms with E-state index >= 15 is 0 Å². The molecule has 0 bridgehead atoms. The van der Waals surface area contributed by atoms with Crippen molar-refractivity contribution in [1.82, 2.24) is 15.0 Å². The first kappa shape index (κ1) is 16.6. The van der Waals surface area contributed by atoms with Crippen LogP contribution in [-0.2, 0) is 9.53 Å². The number of aromatic nitrogens is 3. The number of esters is 1. The summed E-state index contributed by atoms with van der Waals surface area (Å²) in [5.74, 6) is 5.23. The molecule has 2 aromatic rings. The average molecular weight is 329 g/mol. The first-order valence-corrected chi connectivity index (χ1v) is 7.69. The Morgan fingerprint density at radius 2 is 2.13 bits per heavy atom. The van der Waals surface area contributed by atoms with Crippen LogP contribution in [0, 0.1) is 11.8 Å². The fourth-order valence-corrected chi connectivity index (χ4v) is 2.50. The van der Waals surface area contributed by atoms with Crippen molar-refractivity contribution in [2.24, 2.45) is 0 Å². The maximum absolute atomic E-state index is 11.8. The second-order valence-corrected chi connectivity index (χ2v) is 5.04. The van der Waals surface area contributed by atoms with Gasteiger partial charge in [0.1, 0.15) is 10.7 Å². The van der Waals surface area contributed by atoms with Gasteiger partial charge in [-0.05, 0) is 19.8 Å². The van der Waals surface area contributed by atoms with E-state index in [1.54, 1.807) is 26.2 Å². The van der Waals surface area contributed by atoms with Gasteiger partial charge < -0.3 is 9.47 Å². The van der Waals surface area contributed by atoms with Crippen molar-refractivity contribution in [3.05, 3.63) is 40.1 Å². The Morgan fingerprint density at radius 1 is 1.39 bits per heavy atom. The second kappa shape index (κ2) is 8.06. The Morgan fingerprint density at radius 3 is 2.74 bits per heavy atom. The van der Waals surface area contributed by atoms with Crippen molar-refractivity contribution in [1.29, 1.82) is 0 Å². The van der Waals surface area contributed by atoms with Gasteiger partial charge >= 0.3 is 12.0 Å². The van der Waals surface area contributed by atoms with Crippen LogP contribution in [0.1, 0.15) is 30.1 Å². The summed E-state index contributed by atoms with van der Waals surface area (Å²) in [7, 11) is 1.49. The molecule has 0 saturated carbocycles. The Bertz CT molecular complexity index is 770. The molecule has 0 saturated heterocycles. The Hall–Kier alpha value is -2.72. The van der Waals surface area contributed by atoms with Crippen molar-refractivity contribution in [2.45, 2.75) is 13.8 Å². The molecule has 2 heterocycles. The highest BCUT2D eigenvalue weighted by Crippen LogP contribution is 2.26. The lowest BCUT2D eigenvalue weighted by Crippen LogP contribution is -2.02. The fourth-order valence-electron chi connectivity index (χ4n) is 1.71. The highest BCUT2D eigenvalue weighted by Gasteiger charge is 2.13. The van der Waals surface area contributed by atoms with E-state index < -0.39 is 5.97 Å². The zero-order valence-electron chi connectivity index (χ0n) is 13.0. The van der Waals surface area contributed by atoms with Gasteiger partial charge in [0.25, 0.3) is 0 Å². The van der Waals surface area contributed by atoms with Crippen molar-refractivity contribution in [3.63, 3.8) is 0 Å². The van der Waals surface area contributed by atoms with E-state index in [4.69, 9.17) is 9.47 Å². The van der Waals surface area contributed by atoms with E-state index in [0.29, 0.717) is 28.4 Å². The van der Waals surface area contributed by atoms with E-state index in [-0.39, 0.29) is 6.01 Å². The first-order chi connectivity index (χ1) is 11.2. The minimum Gasteiger partial charge on any atom is -0.467 e. The molecule has 0 aliphatic rings. The summed E-state index contributed by atoms with van der Waals surface area (Å²) in [6.07, 6.45) is 4.53. The van der Waals surface area contributed by atoms with Gasteiger partial charge in [0.2, 0.25) is 0 Å². The number of methoxy groups -OCH3 is 1. The van der Waals surface area contributed by atoms with Crippen LogP contribution in [0.4, 0.5) is 0 Å². The zero-order valence-corrected chi connectivity index (χ0v) is 13.8. The number of rotatable bonds is 5. The van der Waals surface area contributed by atoms with Crippen LogP contribution in [0.25, 0.3) is 5.57 Å². The minimum atomic E-state index is -0.448. The standard InChI is InChI=1S/C16H15N3O3S/c1-4-6-12-10-23-15(19-12)13(7-14(20)22-5-2)11-8-17-16(21-3)18-9-11/h7-10H,5H2,1-3H3/b13-7+. The van der Waals surface area contributed by atoms with E-state index in [0.717, 1.165) is 0 Å². The van der Waals surface area contributed by atoms with Gasteiger partial charge in [0, 0.05) is 35.0 Å². The van der Waals surface area contributed by atoms with E-state index in [9.17, 15) is 4.79 Å². The van der Waals surface area contributed by atoms with Crippen LogP contribution >= 0.6 is 11.3 Å². The van der Waals surface area contributed by atoms with Gasteiger partial charge in [-0.3, -0.25) is 0 Å². The summed E-state index contributed by atoms with van der Waals surface area (Å²) in [6.45, 7) is 3.79. The maximum Gasteiger partial charge on any atom is 0.331 e. The average Bonchev–Trinajstić information content (AvgIpc) is 3.02. The van der Waals surface area contributed by atoms with Crippen LogP contribution in [0.3, 0.4) is 0 Å². The third-order valence-electron chi connectivity index (χ3n) is 2.66. The number of carbonyl (C=O) groups excluding carboxylic acids is 1. The number of hydrogen-bond donors (Lipinski definition) is 0. The summed E-state index contributed by atoms with van der Waals surface area (Å²) in [5, 5.41) is 2.47. The topological polar surface area (TPSA) is 74.2 Å². The lowest BCUT2D eigenvalue weighted by Gasteiger charge is -2.05. The predicted octanol–water partition coefficient (Wildman–Crippen LogP) is 2.31. The third kappa shape index (κ3) is 4.37. The fraction of sp³-hybridized carbons (Fsp3) is 0.250. The van der Waals surface area contributed by atoms with E-state index in [2.05, 4.69) is 26.8 Å². The van der Waals surface area contributed by atoms with Gasteiger partial charge in [-0.25, -0.2) is 19.7 Å². The van der Waals surface area contributed by atoms with Gasteiger partial charge in [-0.15, -0.1) is 11.3 Å². The maximum atomic E-state index is 11.8. The molecule has 118 valence electrons. The molecule has 0 amide bonds. The molecule has 0 N–H and O–H groups in total. The summed E-state index contributed by atoms with van der Waals surface area (Å²) in [4.78, 5) is 24.4. The lowest BCUT2D eigenvalue weighted by molar-refractivity contribution is -0.137. The largest absolute Gasteiger partial charge is 0.467 e. The summed E-state index contributed by atoms with van der Waals surface area (Å²) >= 11 is 1.39. The monoisotopic (exact) mass is 329 g/mol. The minimum absolute atomic E-state index is 0.251. The van der Waals surface area contributed by atoms with Crippen molar-refractivity contribution in [2.75, 3.05) is 13.7 Å². The Kier molecular flexibility index (Phi) is 5.83. The molecular weight excluding hydrogens is 314 g/mol. The molecule has 0 unspecified atom stereocenters. The summed E-state index contributed by atoms with van der Waals surface area (Å²) in [6, 6.07) is 0.251. The van der Waals surface area contributed by atoms with Crippen LogP contribution in [0.5, 0.6) is 6.01 Å². The zero-order chi connectivity index (χ0) is 16.7. The number of carbonyl (C=O) groups is 1. The van der Waals surface area contributed by atoms with E-state index in [1.165, 1.54) is 24.5 Å². The Balaban J connectivity index is 2.44. The molecule has 0 fully saturated rings. The smallest absolute Gasteiger partial charge is 0.331 e. The van der Waals surface area contributed by atoms with Crippen LogP contribution < -0.4 is 4.74 Å². The molecule has 7 heteroatoms. The van der Waals surface area contributed by atoms with Gasteiger partial charge in [0.15, 0.2) is 0 Å². The highest BCUT2D eigenvalue weighted by molar-refractivity contribution is 7.11. The highest BCUT2D eigenvalue weighted by atomic mass is 32.1. The normalized spacial score (nSPS) is 10.7. The number of thiazole rings is 1. The van der Waals surface area contributed by atoms with Crippen molar-refractivity contribution < 1.29 is 14.3 Å². The van der Waals surface area contributed by atoms with Gasteiger partial charge in [-0.2, -0.15) is 0 Å². The van der Waals surface area contributed by atoms with Gasteiger partial charge in [0.05, 0.1) is 13.7 Å². The summed E-state index contributed by atoms with van der Waals surface area (Å²) in [5.41, 5.74) is 1.88. The SMILES string of the molecule is CC#Cc1csc(/C(=C/C(=O)OCC)c2cnc(OC)nc2)n1. The third-order valence-corrected chi connectivity index (χ3v) is 3.53. The molecule has 0 aliphatic heterocycles. The summed E-state index contributed by atoms with van der Waals surface area (Å²) < 4.78 is 9.93. The molecule has 0 aliphatic carbocycles. The molecule has 0 spiro atoms. The Labute approximate surface area is 138 Å². The van der Waals surface area contributed by atoms with Crippen LogP contribution in [-0.4, -0.2) is 34.6 Å². The molecule has 6 nitrogen and oxygen atoms in total. The number of nitrogens with zero attached hydrogens (tertiary/aromatic N) is 3. The molecule has 0 radical (unpaired) electrons. The molecule has 2 aromatic heterocycles. The molecule has 23 heavy (non-hydrogen) atoms. The number of hydrogen-bond acceptors (Lipinski definition) is 7. The molecule has 0 aromatic carbocycles. The quantitative estimate of drug-likeness (QED) is 0.476. The molecule has 0 atom stereocenters. The predicted molar refractivity (Wildman–Crippen MR) is 87.0 cm³/mol. The van der Waals surface area contributed by atoms with Crippen LogP contribution in [0.15, 0.2) is 23.8 Å². The van der Waals surface area contributed by atoms with Crippen LogP contribution in [0.2, 0.25) is 0 Å². The van der Waals surface area contributed by atoms with Crippen molar-refractivity contribution in [3.8, 4) is 17.9 Å². The van der Waals surface area contributed by atoms with Crippen molar-refractivity contribution >= 4 is 22.9 Å². The molecular formula is C16H15N3O3S. The lowest BCUT2D eigenvalue weighted by atomic mass is 10.1. The van der Waals surface area contributed by atoms with Gasteiger partial charge in [-0.1, -0.05) is 5.92 Å². The number of ether oxygens (including phenoxy) is 2. The molecule has 2 rings (SSSR count).